The summed E-state index contributed by atoms with van der Waals surface area (Å²) in [6, 6.07) is 21.3. The van der Waals surface area contributed by atoms with E-state index in [0.717, 1.165) is 14.7 Å². The van der Waals surface area contributed by atoms with Gasteiger partial charge in [0.25, 0.3) is 0 Å². The third-order valence-corrected chi connectivity index (χ3v) is 5.59. The minimum atomic E-state index is -3.92. The van der Waals surface area contributed by atoms with E-state index in [9.17, 15) is 8.78 Å². The van der Waals surface area contributed by atoms with E-state index < -0.39 is 10.1 Å². The van der Waals surface area contributed by atoms with Crippen molar-refractivity contribution in [3.05, 3.63) is 90.0 Å². The predicted octanol–water partition coefficient (Wildman–Crippen LogP) is 4.53. The second-order valence-electron chi connectivity index (χ2n) is 5.73. The van der Waals surface area contributed by atoms with Gasteiger partial charge in [-0.05, 0) is 67.6 Å². The molecule has 0 saturated carbocycles. The van der Waals surface area contributed by atoms with Gasteiger partial charge in [-0.2, -0.15) is 0 Å². The lowest BCUT2D eigenvalue weighted by molar-refractivity contribution is 0.470. The predicted molar refractivity (Wildman–Crippen MR) is 102 cm³/mol. The Morgan fingerprint density at radius 3 is 1.26 bits per heavy atom. The van der Waals surface area contributed by atoms with Crippen LogP contribution in [0.3, 0.4) is 0 Å². The van der Waals surface area contributed by atoms with Crippen LogP contribution in [0.5, 0.6) is 0 Å². The van der Waals surface area contributed by atoms with Crippen LogP contribution in [0.1, 0.15) is 5.56 Å². The van der Waals surface area contributed by atoms with Crippen LogP contribution in [0, 0.1) is 18.6 Å². The van der Waals surface area contributed by atoms with Crippen molar-refractivity contribution in [2.75, 3.05) is 6.26 Å². The Morgan fingerprint density at radius 1 is 0.704 bits per heavy atom. The summed E-state index contributed by atoms with van der Waals surface area (Å²) in [6.45, 7) is 2.04. The van der Waals surface area contributed by atoms with E-state index >= 15 is 0 Å². The molecule has 0 saturated heterocycles. The molecule has 0 atom stereocenters. The normalized spacial score (nSPS) is 11.0. The zero-order chi connectivity index (χ0) is 20.0. The molecule has 0 fully saturated rings. The molecule has 0 spiro atoms. The molecular formula is C20H18F2O3S2. The third-order valence-electron chi connectivity index (χ3n) is 3.36. The summed E-state index contributed by atoms with van der Waals surface area (Å²) < 4.78 is 53.7. The smallest absolute Gasteiger partial charge is 0.166 e. The van der Waals surface area contributed by atoms with Gasteiger partial charge in [0, 0.05) is 6.26 Å². The zero-order valence-electron chi connectivity index (χ0n) is 14.7. The van der Waals surface area contributed by atoms with E-state index in [1.165, 1.54) is 29.8 Å². The van der Waals surface area contributed by atoms with E-state index in [2.05, 4.69) is 24.3 Å². The molecule has 27 heavy (non-hydrogen) atoms. The molecule has 0 radical (unpaired) electrons. The highest BCUT2D eigenvalue weighted by molar-refractivity contribution is 7.97. The van der Waals surface area contributed by atoms with E-state index in [-0.39, 0.29) is 22.5 Å². The van der Waals surface area contributed by atoms with Crippen molar-refractivity contribution in [3.63, 3.8) is 0 Å². The molecule has 3 aromatic rings. The van der Waals surface area contributed by atoms with E-state index in [1.807, 2.05) is 6.92 Å². The number of hydrogen-bond acceptors (Lipinski definition) is 3. The third kappa shape index (κ3) is 7.13. The molecule has 0 aliphatic heterocycles. The maximum atomic E-state index is 13.2. The largest absolute Gasteiger partial charge is 0.748 e. The maximum Gasteiger partial charge on any atom is 0.166 e. The Kier molecular flexibility index (Phi) is 7.12. The summed E-state index contributed by atoms with van der Waals surface area (Å²) in [5, 5.41) is 0. The van der Waals surface area contributed by atoms with Gasteiger partial charge in [0.15, 0.2) is 14.7 Å². The first kappa shape index (κ1) is 21.1. The van der Waals surface area contributed by atoms with Gasteiger partial charge < -0.3 is 4.55 Å². The van der Waals surface area contributed by atoms with Crippen molar-refractivity contribution in [1.82, 2.24) is 0 Å². The van der Waals surface area contributed by atoms with Crippen molar-refractivity contribution >= 4 is 21.0 Å². The van der Waals surface area contributed by atoms with Crippen LogP contribution in [-0.2, 0) is 21.0 Å². The molecule has 3 aromatic carbocycles. The van der Waals surface area contributed by atoms with Crippen LogP contribution < -0.4 is 0 Å². The molecule has 142 valence electrons. The van der Waals surface area contributed by atoms with Crippen molar-refractivity contribution in [2.45, 2.75) is 21.6 Å². The molecule has 0 bridgehead atoms. The molecule has 3 rings (SSSR count). The highest BCUT2D eigenvalue weighted by atomic mass is 32.2. The fourth-order valence-electron chi connectivity index (χ4n) is 2.22. The molecule has 0 unspecified atom stereocenters. The zero-order valence-corrected chi connectivity index (χ0v) is 16.4. The molecule has 0 aliphatic rings. The van der Waals surface area contributed by atoms with Gasteiger partial charge in [0.05, 0.1) is 21.0 Å². The molecule has 7 heteroatoms. The van der Waals surface area contributed by atoms with Gasteiger partial charge in [-0.1, -0.05) is 17.7 Å². The summed E-state index contributed by atoms with van der Waals surface area (Å²) in [6.07, 6.45) is 0.604. The number of rotatable bonds is 3. The van der Waals surface area contributed by atoms with Gasteiger partial charge in [-0.15, -0.1) is 0 Å². The van der Waals surface area contributed by atoms with Gasteiger partial charge in [0.2, 0.25) is 0 Å². The number of aryl methyl sites for hydroxylation is 1. The summed E-state index contributed by atoms with van der Waals surface area (Å²) in [5.74, 6) is -0.509. The molecular weight excluding hydrogens is 390 g/mol. The average molecular weight is 408 g/mol. The molecule has 0 amide bonds. The lowest BCUT2D eigenvalue weighted by atomic mass is 10.2. The summed E-state index contributed by atoms with van der Waals surface area (Å²) in [7, 11) is -4.29. The highest BCUT2D eigenvalue weighted by Gasteiger charge is 2.28. The minimum Gasteiger partial charge on any atom is -0.748 e. The van der Waals surface area contributed by atoms with Crippen molar-refractivity contribution < 1.29 is 21.8 Å². The topological polar surface area (TPSA) is 57.2 Å². The number of hydrogen-bond donors (Lipinski definition) is 0. The molecule has 3 nitrogen and oxygen atoms in total. The highest BCUT2D eigenvalue weighted by Crippen LogP contribution is 2.31. The molecule has 0 heterocycles. The second kappa shape index (κ2) is 9.12. The SMILES string of the molecule is CS(=O)(=O)[O-].Cc1ccc([S+](c2ccc(F)cc2)c2ccc(F)cc2)cc1. The van der Waals surface area contributed by atoms with Gasteiger partial charge in [-0.25, -0.2) is 17.2 Å². The Hall–Kier alpha value is -2.22. The van der Waals surface area contributed by atoms with Crippen LogP contribution in [0.2, 0.25) is 0 Å². The standard InChI is InChI=1S/C19H15F2S.CH4O3S/c1-14-2-8-17(9-3-14)22(18-10-4-15(20)5-11-18)19-12-6-16(21)7-13-19;1-5(2,3)4/h2-13H,1H3;1H3,(H,2,3,4)/q+1;/p-1. The Labute approximate surface area is 160 Å². The van der Waals surface area contributed by atoms with Gasteiger partial charge >= 0.3 is 0 Å². The van der Waals surface area contributed by atoms with Gasteiger partial charge in [-0.3, -0.25) is 0 Å². The summed E-state index contributed by atoms with van der Waals surface area (Å²) in [4.78, 5) is 3.15. The quantitative estimate of drug-likeness (QED) is 0.473. The Balaban J connectivity index is 0.000000465. The Morgan fingerprint density at radius 2 is 0.963 bits per heavy atom. The molecule has 0 aromatic heterocycles. The van der Waals surface area contributed by atoms with Crippen LogP contribution in [0.15, 0.2) is 87.5 Å². The van der Waals surface area contributed by atoms with E-state index in [1.54, 1.807) is 24.3 Å². The van der Waals surface area contributed by atoms with Crippen LogP contribution in [0.25, 0.3) is 0 Å². The van der Waals surface area contributed by atoms with Crippen LogP contribution in [0.4, 0.5) is 8.78 Å². The van der Waals surface area contributed by atoms with Gasteiger partial charge in [0.1, 0.15) is 11.6 Å². The van der Waals surface area contributed by atoms with Crippen LogP contribution in [-0.4, -0.2) is 19.2 Å². The second-order valence-corrected chi connectivity index (χ2v) is 9.17. The first-order valence-electron chi connectivity index (χ1n) is 7.86. The molecule has 0 N–H and O–H groups in total. The fraction of sp³-hybridized carbons (Fsp3) is 0.100. The number of halogens is 2. The summed E-state index contributed by atoms with van der Waals surface area (Å²) in [5.41, 5.74) is 1.19. The van der Waals surface area contributed by atoms with E-state index in [0.29, 0.717) is 6.26 Å². The monoisotopic (exact) mass is 408 g/mol. The maximum absolute atomic E-state index is 13.2. The number of benzene rings is 3. The van der Waals surface area contributed by atoms with Crippen molar-refractivity contribution in [1.29, 1.82) is 0 Å². The lowest BCUT2D eigenvalue weighted by Gasteiger charge is -2.08. The molecule has 0 aliphatic carbocycles. The minimum absolute atomic E-state index is 0.254. The van der Waals surface area contributed by atoms with E-state index in [4.69, 9.17) is 13.0 Å². The van der Waals surface area contributed by atoms with Crippen molar-refractivity contribution in [2.24, 2.45) is 0 Å². The van der Waals surface area contributed by atoms with Crippen LogP contribution >= 0.6 is 0 Å². The first-order chi connectivity index (χ1) is 12.6. The fourth-order valence-corrected chi connectivity index (χ4v) is 4.27. The summed E-state index contributed by atoms with van der Waals surface area (Å²) >= 11 is 0. The lowest BCUT2D eigenvalue weighted by Crippen LogP contribution is -2.05. The van der Waals surface area contributed by atoms with Crippen molar-refractivity contribution in [3.8, 4) is 0 Å². The first-order valence-corrected chi connectivity index (χ1v) is 10.9. The average Bonchev–Trinajstić information content (AvgIpc) is 2.59. The Bertz CT molecular complexity index is 853.